The lowest BCUT2D eigenvalue weighted by molar-refractivity contribution is 0.794. The Labute approximate surface area is 423 Å². The minimum Gasteiger partial charge on any atom is -0.309 e. The highest BCUT2D eigenvalue weighted by atomic mass is 32.1. The van der Waals surface area contributed by atoms with Gasteiger partial charge in [-0.25, -0.2) is 4.98 Å². The van der Waals surface area contributed by atoms with Crippen LogP contribution >= 0.6 is 11.3 Å². The van der Waals surface area contributed by atoms with Crippen molar-refractivity contribution in [1.82, 2.24) is 9.97 Å². The number of thiophene rings is 1. The summed E-state index contributed by atoms with van der Waals surface area (Å²) in [6.45, 7) is 4.16. The minimum absolute atomic E-state index is 0.669. The van der Waals surface area contributed by atoms with E-state index in [1.165, 1.54) is 86.9 Å². The van der Waals surface area contributed by atoms with Crippen LogP contribution in [-0.4, -0.2) is 9.97 Å². The van der Waals surface area contributed by atoms with E-state index in [0.717, 1.165) is 45.5 Å². The van der Waals surface area contributed by atoms with Gasteiger partial charge in [-0.05, 0) is 153 Å². The molecule has 3 heterocycles. The summed E-state index contributed by atoms with van der Waals surface area (Å²) in [5.41, 5.74) is 21.6. The smallest absolute Gasteiger partial charge is 0.137 e. The molecule has 0 saturated heterocycles. The summed E-state index contributed by atoms with van der Waals surface area (Å²) in [7, 11) is 0. The number of aryl methyl sites for hydroxylation is 2. The Kier molecular flexibility index (Phi) is 9.70. The van der Waals surface area contributed by atoms with Crippen LogP contribution in [-0.2, 0) is 5.41 Å². The van der Waals surface area contributed by atoms with E-state index in [-0.39, 0.29) is 0 Å². The van der Waals surface area contributed by atoms with Gasteiger partial charge in [0.05, 0.1) is 27.7 Å². The van der Waals surface area contributed by atoms with Gasteiger partial charge >= 0.3 is 0 Å². The van der Waals surface area contributed by atoms with E-state index in [9.17, 15) is 0 Å². The van der Waals surface area contributed by atoms with Crippen molar-refractivity contribution in [3.05, 3.63) is 276 Å². The SMILES string of the molecule is Cc1ccc(N(c2ccc(-c3ccccc3)cc2)c2cc3c(c4c2sc2ccccc24)-c2ccc(N(c4ccc(-c5ccccc5)cc4)c4ccc(C)nc4)cc2C32c3ccccc3-c3ccccc32)nc1. The van der Waals surface area contributed by atoms with Crippen LogP contribution in [0.25, 0.3) is 64.7 Å². The van der Waals surface area contributed by atoms with Crippen molar-refractivity contribution in [3.8, 4) is 44.5 Å². The maximum atomic E-state index is 5.20. The van der Waals surface area contributed by atoms with Crippen LogP contribution < -0.4 is 9.80 Å². The zero-order valence-electron chi connectivity index (χ0n) is 39.8. The molecule has 0 saturated carbocycles. The predicted molar refractivity (Wildman–Crippen MR) is 301 cm³/mol. The van der Waals surface area contributed by atoms with E-state index in [4.69, 9.17) is 9.97 Å². The number of aromatic nitrogens is 2. The van der Waals surface area contributed by atoms with E-state index in [1.54, 1.807) is 0 Å². The normalized spacial score (nSPS) is 12.7. The Hall–Kier alpha value is -8.90. The van der Waals surface area contributed by atoms with Gasteiger partial charge in [0.15, 0.2) is 0 Å². The maximum absolute atomic E-state index is 5.20. The molecule has 1 spiro atoms. The van der Waals surface area contributed by atoms with Gasteiger partial charge in [-0.3, -0.25) is 9.88 Å². The van der Waals surface area contributed by atoms with Crippen LogP contribution in [0.5, 0.6) is 0 Å². The largest absolute Gasteiger partial charge is 0.309 e. The summed E-state index contributed by atoms with van der Waals surface area (Å²) in [6, 6.07) is 84.8. The van der Waals surface area contributed by atoms with Crippen molar-refractivity contribution >= 4 is 65.8 Å². The summed E-state index contributed by atoms with van der Waals surface area (Å²) in [4.78, 5) is 14.8. The van der Waals surface area contributed by atoms with Gasteiger partial charge in [0, 0.05) is 44.4 Å². The molecule has 2 aliphatic rings. The van der Waals surface area contributed by atoms with Gasteiger partial charge in [-0.15, -0.1) is 11.3 Å². The first-order valence-electron chi connectivity index (χ1n) is 24.6. The fraction of sp³-hybridized carbons (Fsp3) is 0.0448. The molecule has 3 aromatic heterocycles. The molecule has 9 aromatic carbocycles. The average molecular weight is 939 g/mol. The zero-order chi connectivity index (χ0) is 47.9. The Morgan fingerprint density at radius 3 is 1.60 bits per heavy atom. The molecule has 12 aromatic rings. The first-order valence-corrected chi connectivity index (χ1v) is 25.4. The van der Waals surface area contributed by atoms with Gasteiger partial charge in [-0.2, -0.15) is 0 Å². The summed E-state index contributed by atoms with van der Waals surface area (Å²) in [6.07, 6.45) is 3.99. The number of benzene rings is 9. The molecule has 0 radical (unpaired) electrons. The first kappa shape index (κ1) is 42.0. The van der Waals surface area contributed by atoms with E-state index in [2.05, 4.69) is 247 Å². The third-order valence-corrected chi connectivity index (χ3v) is 16.1. The molecule has 0 N–H and O–H groups in total. The van der Waals surface area contributed by atoms with Crippen LogP contribution in [0.2, 0.25) is 0 Å². The molecule has 0 atom stereocenters. The number of nitrogens with zero attached hydrogens (tertiary/aromatic N) is 4. The monoisotopic (exact) mass is 938 g/mol. The highest BCUT2D eigenvalue weighted by Gasteiger charge is 2.53. The molecule has 0 aliphatic heterocycles. The summed E-state index contributed by atoms with van der Waals surface area (Å²) in [5.74, 6) is 0.867. The third-order valence-electron chi connectivity index (χ3n) is 14.9. The molecule has 0 bridgehead atoms. The van der Waals surface area contributed by atoms with Crippen LogP contribution in [0.1, 0.15) is 33.5 Å². The van der Waals surface area contributed by atoms with Crippen molar-refractivity contribution < 1.29 is 0 Å². The Morgan fingerprint density at radius 2 is 0.972 bits per heavy atom. The number of rotatable bonds is 8. The second kappa shape index (κ2) is 16.6. The second-order valence-electron chi connectivity index (χ2n) is 19.0. The molecule has 0 unspecified atom stereocenters. The molecule has 0 fully saturated rings. The maximum Gasteiger partial charge on any atom is 0.137 e. The minimum atomic E-state index is -0.669. The van der Waals surface area contributed by atoms with Crippen LogP contribution in [0.4, 0.5) is 34.3 Å². The number of hydrogen-bond donors (Lipinski definition) is 0. The average Bonchev–Trinajstić information content (AvgIpc) is 4.07. The Bertz CT molecular complexity index is 3990. The van der Waals surface area contributed by atoms with Crippen molar-refractivity contribution in [3.63, 3.8) is 0 Å². The van der Waals surface area contributed by atoms with Crippen LogP contribution in [0.15, 0.2) is 243 Å². The zero-order valence-corrected chi connectivity index (χ0v) is 40.6. The lowest BCUT2D eigenvalue weighted by Crippen LogP contribution is -2.26. The van der Waals surface area contributed by atoms with Crippen LogP contribution in [0, 0.1) is 13.8 Å². The number of hydrogen-bond acceptors (Lipinski definition) is 5. The van der Waals surface area contributed by atoms with E-state index >= 15 is 0 Å². The van der Waals surface area contributed by atoms with Gasteiger partial charge in [0.2, 0.25) is 0 Å². The Morgan fingerprint density at radius 1 is 0.403 bits per heavy atom. The first-order chi connectivity index (χ1) is 35.5. The standard InChI is InChI=1S/C67H46N4S/c1-43-25-38-63(69-41-43)71(50-34-29-48(30-35-50)46-17-7-4-8-18-46)61-40-60-64(65-56-21-11-14-24-62(56)72-66(61)65)55-37-36-51(39-59(55)67(60)57-22-12-9-19-53(57)54-20-10-13-23-58(54)67)70(52-31-26-44(2)68-42-52)49-32-27-47(28-33-49)45-15-5-3-6-16-45/h3-42H,1-2H3. The highest BCUT2D eigenvalue weighted by molar-refractivity contribution is 7.26. The summed E-state index contributed by atoms with van der Waals surface area (Å²) >= 11 is 1.87. The fourth-order valence-corrected chi connectivity index (χ4v) is 12.9. The summed E-state index contributed by atoms with van der Waals surface area (Å²) < 4.78 is 2.48. The topological polar surface area (TPSA) is 32.3 Å². The quantitative estimate of drug-likeness (QED) is 0.152. The third kappa shape index (κ3) is 6.44. The molecule has 4 nitrogen and oxygen atoms in total. The number of fused-ring (bicyclic) bond motifs is 14. The van der Waals surface area contributed by atoms with Crippen molar-refractivity contribution in [2.75, 3.05) is 9.80 Å². The van der Waals surface area contributed by atoms with E-state index < -0.39 is 5.41 Å². The predicted octanol–water partition coefficient (Wildman–Crippen LogP) is 18.1. The molecule has 2 aliphatic carbocycles. The summed E-state index contributed by atoms with van der Waals surface area (Å²) in [5, 5.41) is 2.52. The van der Waals surface area contributed by atoms with Crippen molar-refractivity contribution in [1.29, 1.82) is 0 Å². The van der Waals surface area contributed by atoms with Gasteiger partial charge in [0.25, 0.3) is 0 Å². The number of pyridine rings is 2. The van der Waals surface area contributed by atoms with Gasteiger partial charge in [0.1, 0.15) is 5.82 Å². The van der Waals surface area contributed by atoms with Crippen molar-refractivity contribution in [2.24, 2.45) is 0 Å². The molecule has 72 heavy (non-hydrogen) atoms. The molecule has 5 heteroatoms. The molecule has 0 amide bonds. The molecule has 14 rings (SSSR count). The molecule has 340 valence electrons. The van der Waals surface area contributed by atoms with E-state index in [1.807, 2.05) is 30.7 Å². The molecular formula is C67H46N4S. The van der Waals surface area contributed by atoms with E-state index in [0.29, 0.717) is 0 Å². The Balaban J connectivity index is 1.06. The molecular weight excluding hydrogens is 893 g/mol. The number of anilines is 6. The van der Waals surface area contributed by atoms with Gasteiger partial charge < -0.3 is 4.90 Å². The lowest BCUT2D eigenvalue weighted by Gasteiger charge is -2.33. The highest BCUT2D eigenvalue weighted by Crippen LogP contribution is 2.66. The van der Waals surface area contributed by atoms with Crippen LogP contribution in [0.3, 0.4) is 0 Å². The second-order valence-corrected chi connectivity index (χ2v) is 20.1. The van der Waals surface area contributed by atoms with Gasteiger partial charge in [-0.1, -0.05) is 164 Å². The lowest BCUT2D eigenvalue weighted by atomic mass is 9.70. The fourth-order valence-electron chi connectivity index (χ4n) is 11.7. The van der Waals surface area contributed by atoms with Crippen molar-refractivity contribution in [2.45, 2.75) is 19.3 Å².